The molecule has 0 aromatic carbocycles. The summed E-state index contributed by atoms with van der Waals surface area (Å²) in [6.45, 7) is 5.74. The molecule has 5 nitrogen and oxygen atoms in total. The van der Waals surface area contributed by atoms with Crippen LogP contribution >= 0.6 is 11.3 Å². The summed E-state index contributed by atoms with van der Waals surface area (Å²) in [5.74, 6) is -1.23. The molecule has 1 aromatic rings. The normalized spacial score (nSPS) is 12.2. The third-order valence-corrected chi connectivity index (χ3v) is 3.46. The number of carbonyl (C=O) groups excluding carboxylic acids is 1. The van der Waals surface area contributed by atoms with E-state index in [1.165, 1.54) is 11.3 Å². The number of aliphatic carboxylic acids is 1. The number of hydrogen-bond donors (Lipinski definition) is 2. The Hall–Kier alpha value is -1.43. The number of rotatable bonds is 6. The van der Waals surface area contributed by atoms with Crippen molar-refractivity contribution in [3.63, 3.8) is 0 Å². The molecule has 0 spiro atoms. The number of carbonyl (C=O) groups is 2. The third-order valence-electron chi connectivity index (χ3n) is 2.53. The fourth-order valence-electron chi connectivity index (χ4n) is 1.67. The van der Waals surface area contributed by atoms with Gasteiger partial charge in [0.2, 0.25) is 5.91 Å². The Balaban J connectivity index is 2.51. The van der Waals surface area contributed by atoms with Crippen LogP contribution in [0.1, 0.15) is 37.3 Å². The summed E-state index contributed by atoms with van der Waals surface area (Å²) >= 11 is 1.45. The van der Waals surface area contributed by atoms with Crippen LogP contribution < -0.4 is 5.32 Å². The molecule has 6 heteroatoms. The van der Waals surface area contributed by atoms with Crippen LogP contribution in [0.4, 0.5) is 5.13 Å². The monoisotopic (exact) mass is 270 g/mol. The van der Waals surface area contributed by atoms with Gasteiger partial charge in [0.25, 0.3) is 0 Å². The van der Waals surface area contributed by atoms with Gasteiger partial charge in [-0.3, -0.25) is 9.59 Å². The van der Waals surface area contributed by atoms with E-state index in [-0.39, 0.29) is 24.7 Å². The highest BCUT2D eigenvalue weighted by atomic mass is 32.1. The van der Waals surface area contributed by atoms with Gasteiger partial charge in [-0.15, -0.1) is 11.3 Å². The van der Waals surface area contributed by atoms with Gasteiger partial charge in [0.15, 0.2) is 5.13 Å². The number of nitrogens with zero attached hydrogens (tertiary/aromatic N) is 1. The highest BCUT2D eigenvalue weighted by Gasteiger charge is 2.14. The number of hydrogen-bond acceptors (Lipinski definition) is 4. The van der Waals surface area contributed by atoms with Crippen molar-refractivity contribution in [3.05, 3.63) is 10.6 Å². The fourth-order valence-corrected chi connectivity index (χ4v) is 2.59. The predicted octanol–water partition coefficient (Wildman–Crippen LogP) is 2.45. The number of thiazole rings is 1. The smallest absolute Gasteiger partial charge is 0.303 e. The van der Waals surface area contributed by atoms with Gasteiger partial charge in [0, 0.05) is 17.7 Å². The Morgan fingerprint density at radius 3 is 2.61 bits per heavy atom. The molecule has 0 saturated carbocycles. The highest BCUT2D eigenvalue weighted by molar-refractivity contribution is 7.15. The fraction of sp³-hybridized carbons (Fsp3) is 0.583. The molecule has 1 atom stereocenters. The molecule has 0 bridgehead atoms. The molecule has 0 aliphatic rings. The van der Waals surface area contributed by atoms with E-state index in [9.17, 15) is 9.59 Å². The summed E-state index contributed by atoms with van der Waals surface area (Å²) in [4.78, 5) is 27.6. The largest absolute Gasteiger partial charge is 0.481 e. The van der Waals surface area contributed by atoms with E-state index >= 15 is 0 Å². The molecule has 0 saturated heterocycles. The zero-order chi connectivity index (χ0) is 13.7. The van der Waals surface area contributed by atoms with Crippen LogP contribution in [0.3, 0.4) is 0 Å². The number of carboxylic acids is 1. The van der Waals surface area contributed by atoms with E-state index in [2.05, 4.69) is 10.3 Å². The van der Waals surface area contributed by atoms with Crippen LogP contribution in [-0.2, 0) is 16.0 Å². The van der Waals surface area contributed by atoms with Gasteiger partial charge >= 0.3 is 5.97 Å². The second-order valence-electron chi connectivity index (χ2n) is 4.33. The van der Waals surface area contributed by atoms with Crippen molar-refractivity contribution in [2.24, 2.45) is 5.92 Å². The Morgan fingerprint density at radius 2 is 2.11 bits per heavy atom. The van der Waals surface area contributed by atoms with E-state index in [1.54, 1.807) is 6.92 Å². The Kier molecular flexibility index (Phi) is 5.27. The molecule has 1 heterocycles. The van der Waals surface area contributed by atoms with E-state index in [1.807, 2.05) is 13.8 Å². The zero-order valence-corrected chi connectivity index (χ0v) is 11.6. The van der Waals surface area contributed by atoms with Crippen LogP contribution in [0.25, 0.3) is 0 Å². The maximum absolute atomic E-state index is 11.7. The molecule has 0 aliphatic heterocycles. The number of nitrogens with one attached hydrogen (secondary N) is 1. The maximum atomic E-state index is 11.7. The van der Waals surface area contributed by atoms with Crippen molar-refractivity contribution >= 4 is 28.3 Å². The first kappa shape index (κ1) is 14.6. The minimum absolute atomic E-state index is 0.00449. The average Bonchev–Trinajstić information content (AvgIpc) is 2.56. The van der Waals surface area contributed by atoms with Crippen LogP contribution in [0, 0.1) is 12.8 Å². The van der Waals surface area contributed by atoms with Crippen LogP contribution in [0.2, 0.25) is 0 Å². The number of aromatic nitrogens is 1. The molecule has 2 N–H and O–H groups in total. The SMILES string of the molecule is CCc1nc(NC(=O)CC(C)CC(=O)O)sc1C. The van der Waals surface area contributed by atoms with Crippen molar-refractivity contribution in [1.29, 1.82) is 0 Å². The van der Waals surface area contributed by atoms with Crippen molar-refractivity contribution < 1.29 is 14.7 Å². The molecule has 100 valence electrons. The first-order valence-electron chi connectivity index (χ1n) is 5.90. The lowest BCUT2D eigenvalue weighted by molar-refractivity contribution is -0.138. The minimum atomic E-state index is -0.881. The molecule has 18 heavy (non-hydrogen) atoms. The van der Waals surface area contributed by atoms with Crippen LogP contribution in [0.5, 0.6) is 0 Å². The van der Waals surface area contributed by atoms with E-state index in [0.29, 0.717) is 5.13 Å². The second kappa shape index (κ2) is 6.49. The zero-order valence-electron chi connectivity index (χ0n) is 10.8. The lowest BCUT2D eigenvalue weighted by Crippen LogP contribution is -2.16. The van der Waals surface area contributed by atoms with E-state index < -0.39 is 5.97 Å². The van der Waals surface area contributed by atoms with E-state index in [0.717, 1.165) is 17.0 Å². The van der Waals surface area contributed by atoms with Gasteiger partial charge in [-0.1, -0.05) is 13.8 Å². The summed E-state index contributed by atoms with van der Waals surface area (Å²) in [6, 6.07) is 0. The summed E-state index contributed by atoms with van der Waals surface area (Å²) in [5.41, 5.74) is 0.994. The Labute approximate surface area is 110 Å². The molecular weight excluding hydrogens is 252 g/mol. The predicted molar refractivity (Wildman–Crippen MR) is 70.9 cm³/mol. The summed E-state index contributed by atoms with van der Waals surface area (Å²) in [7, 11) is 0. The second-order valence-corrected chi connectivity index (χ2v) is 5.53. The van der Waals surface area contributed by atoms with E-state index in [4.69, 9.17) is 5.11 Å². The average molecular weight is 270 g/mol. The topological polar surface area (TPSA) is 79.3 Å². The summed E-state index contributed by atoms with van der Waals surface area (Å²) < 4.78 is 0. The summed E-state index contributed by atoms with van der Waals surface area (Å²) in [5, 5.41) is 11.9. The van der Waals surface area contributed by atoms with Gasteiger partial charge in [-0.25, -0.2) is 4.98 Å². The number of amides is 1. The molecule has 0 aliphatic carbocycles. The van der Waals surface area contributed by atoms with Crippen molar-refractivity contribution in [2.45, 2.75) is 40.0 Å². The lowest BCUT2D eigenvalue weighted by atomic mass is 10.0. The van der Waals surface area contributed by atoms with Gasteiger partial charge in [0.1, 0.15) is 0 Å². The number of aryl methyl sites for hydroxylation is 2. The maximum Gasteiger partial charge on any atom is 0.303 e. The molecule has 1 amide bonds. The molecule has 1 unspecified atom stereocenters. The summed E-state index contributed by atoms with van der Waals surface area (Å²) in [6.07, 6.45) is 1.05. The van der Waals surface area contributed by atoms with Crippen LogP contribution in [0.15, 0.2) is 0 Å². The molecular formula is C12H18N2O3S. The highest BCUT2D eigenvalue weighted by Crippen LogP contribution is 2.22. The molecule has 0 radical (unpaired) electrons. The van der Waals surface area contributed by atoms with Gasteiger partial charge in [-0.2, -0.15) is 0 Å². The van der Waals surface area contributed by atoms with Gasteiger partial charge in [0.05, 0.1) is 5.69 Å². The van der Waals surface area contributed by atoms with Crippen molar-refractivity contribution in [2.75, 3.05) is 5.32 Å². The standard InChI is InChI=1S/C12H18N2O3S/c1-4-9-8(3)18-12(13-9)14-10(15)5-7(2)6-11(16)17/h7H,4-6H2,1-3H3,(H,16,17)(H,13,14,15). The quantitative estimate of drug-likeness (QED) is 0.832. The number of anilines is 1. The molecule has 0 fully saturated rings. The Morgan fingerprint density at radius 1 is 1.44 bits per heavy atom. The van der Waals surface area contributed by atoms with Crippen LogP contribution in [-0.4, -0.2) is 22.0 Å². The lowest BCUT2D eigenvalue weighted by Gasteiger charge is -2.07. The molecule has 1 rings (SSSR count). The first-order valence-corrected chi connectivity index (χ1v) is 6.72. The molecule has 1 aromatic heterocycles. The third kappa shape index (κ3) is 4.44. The van der Waals surface area contributed by atoms with Crippen molar-refractivity contribution in [3.8, 4) is 0 Å². The van der Waals surface area contributed by atoms with Gasteiger partial charge < -0.3 is 10.4 Å². The minimum Gasteiger partial charge on any atom is -0.481 e. The first-order chi connectivity index (χ1) is 8.42. The van der Waals surface area contributed by atoms with Gasteiger partial charge in [-0.05, 0) is 19.3 Å². The Bertz CT molecular complexity index is 443. The number of carboxylic acid groups (broad SMARTS) is 1. The van der Waals surface area contributed by atoms with Crippen molar-refractivity contribution in [1.82, 2.24) is 4.98 Å².